The van der Waals surface area contributed by atoms with E-state index in [0.29, 0.717) is 12.5 Å². The molecule has 0 aliphatic heterocycles. The van der Waals surface area contributed by atoms with E-state index in [4.69, 9.17) is 9.47 Å². The standard InChI is InChI=1S/C12H24O3/c1-7-12(5,6)8-14-11(13)15-10(4)9(2)3/h9-10H,7-8H2,1-6H3. The summed E-state index contributed by atoms with van der Waals surface area (Å²) in [5.74, 6) is 0.316. The zero-order valence-corrected chi connectivity index (χ0v) is 10.8. The van der Waals surface area contributed by atoms with Crippen molar-refractivity contribution >= 4 is 6.16 Å². The summed E-state index contributed by atoms with van der Waals surface area (Å²) in [7, 11) is 0. The second-order valence-corrected chi connectivity index (χ2v) is 5.12. The predicted molar refractivity (Wildman–Crippen MR) is 60.8 cm³/mol. The van der Waals surface area contributed by atoms with Crippen molar-refractivity contribution in [3.63, 3.8) is 0 Å². The van der Waals surface area contributed by atoms with Crippen LogP contribution in [-0.2, 0) is 9.47 Å². The Labute approximate surface area is 93.1 Å². The summed E-state index contributed by atoms with van der Waals surface area (Å²) in [6.07, 6.45) is 0.319. The van der Waals surface area contributed by atoms with Gasteiger partial charge in [-0.1, -0.05) is 34.6 Å². The molecule has 0 aliphatic carbocycles. The summed E-state index contributed by atoms with van der Waals surface area (Å²) in [4.78, 5) is 11.3. The molecule has 1 unspecified atom stereocenters. The minimum absolute atomic E-state index is 0.0279. The van der Waals surface area contributed by atoms with Crippen LogP contribution in [0.3, 0.4) is 0 Å². The monoisotopic (exact) mass is 216 g/mol. The molecule has 0 heterocycles. The van der Waals surface area contributed by atoms with Crippen molar-refractivity contribution in [2.45, 2.75) is 54.1 Å². The van der Waals surface area contributed by atoms with E-state index in [-0.39, 0.29) is 11.5 Å². The van der Waals surface area contributed by atoms with Crippen LogP contribution < -0.4 is 0 Å². The van der Waals surface area contributed by atoms with Crippen LogP contribution in [0.4, 0.5) is 4.79 Å². The Morgan fingerprint density at radius 3 is 2.20 bits per heavy atom. The topological polar surface area (TPSA) is 35.5 Å². The van der Waals surface area contributed by atoms with E-state index in [1.165, 1.54) is 0 Å². The molecule has 15 heavy (non-hydrogen) atoms. The molecule has 0 N–H and O–H groups in total. The van der Waals surface area contributed by atoms with Gasteiger partial charge in [0, 0.05) is 0 Å². The summed E-state index contributed by atoms with van der Waals surface area (Å²) >= 11 is 0. The SMILES string of the molecule is CCC(C)(C)COC(=O)OC(C)C(C)C. The van der Waals surface area contributed by atoms with Gasteiger partial charge in [-0.05, 0) is 24.7 Å². The molecule has 3 heteroatoms. The van der Waals surface area contributed by atoms with Gasteiger partial charge in [0.05, 0.1) is 6.61 Å². The minimum Gasteiger partial charge on any atom is -0.434 e. The van der Waals surface area contributed by atoms with Crippen LogP contribution in [0.1, 0.15) is 48.0 Å². The van der Waals surface area contributed by atoms with Crippen LogP contribution in [0.15, 0.2) is 0 Å². The summed E-state index contributed by atoms with van der Waals surface area (Å²) < 4.78 is 10.1. The van der Waals surface area contributed by atoms with Crippen LogP contribution in [0, 0.1) is 11.3 Å². The molecule has 0 aromatic rings. The lowest BCUT2D eigenvalue weighted by Gasteiger charge is -2.23. The Morgan fingerprint density at radius 1 is 1.27 bits per heavy atom. The maximum absolute atomic E-state index is 11.3. The summed E-state index contributed by atoms with van der Waals surface area (Å²) in [5.41, 5.74) is 0.0279. The van der Waals surface area contributed by atoms with E-state index in [1.807, 2.05) is 20.8 Å². The van der Waals surface area contributed by atoms with Gasteiger partial charge < -0.3 is 9.47 Å². The molecule has 3 nitrogen and oxygen atoms in total. The minimum atomic E-state index is -0.558. The van der Waals surface area contributed by atoms with Gasteiger partial charge in [0.15, 0.2) is 0 Å². The van der Waals surface area contributed by atoms with E-state index in [2.05, 4.69) is 20.8 Å². The van der Waals surface area contributed by atoms with Crippen LogP contribution in [0.25, 0.3) is 0 Å². The average Bonchev–Trinajstić information content (AvgIpc) is 2.15. The van der Waals surface area contributed by atoms with Crippen LogP contribution >= 0.6 is 0 Å². The van der Waals surface area contributed by atoms with E-state index in [9.17, 15) is 4.79 Å². The molecule has 0 rings (SSSR count). The zero-order valence-electron chi connectivity index (χ0n) is 10.8. The zero-order chi connectivity index (χ0) is 12.1. The van der Waals surface area contributed by atoms with E-state index in [1.54, 1.807) is 0 Å². The third-order valence-electron chi connectivity index (χ3n) is 2.76. The summed E-state index contributed by atoms with van der Waals surface area (Å²) in [6.45, 7) is 12.5. The molecule has 0 aromatic heterocycles. The lowest BCUT2D eigenvalue weighted by molar-refractivity contribution is -0.00287. The fourth-order valence-electron chi connectivity index (χ4n) is 0.678. The molecule has 0 spiro atoms. The van der Waals surface area contributed by atoms with Crippen molar-refractivity contribution in [3.8, 4) is 0 Å². The average molecular weight is 216 g/mol. The summed E-state index contributed by atoms with van der Waals surface area (Å²) in [6, 6.07) is 0. The van der Waals surface area contributed by atoms with E-state index >= 15 is 0 Å². The largest absolute Gasteiger partial charge is 0.508 e. The Bertz CT molecular complexity index is 197. The number of carbonyl (C=O) groups excluding carboxylic acids is 1. The maximum atomic E-state index is 11.3. The highest BCUT2D eigenvalue weighted by atomic mass is 16.7. The molecule has 90 valence electrons. The molecule has 0 radical (unpaired) electrons. The second kappa shape index (κ2) is 5.99. The van der Waals surface area contributed by atoms with Crippen molar-refractivity contribution in [2.75, 3.05) is 6.61 Å². The van der Waals surface area contributed by atoms with Crippen molar-refractivity contribution in [3.05, 3.63) is 0 Å². The Kier molecular flexibility index (Phi) is 5.69. The molecule has 0 amide bonds. The molecule has 0 aromatic carbocycles. The van der Waals surface area contributed by atoms with Gasteiger partial charge >= 0.3 is 6.16 Å². The first kappa shape index (κ1) is 14.3. The highest BCUT2D eigenvalue weighted by Crippen LogP contribution is 2.20. The first-order valence-corrected chi connectivity index (χ1v) is 5.62. The molecular formula is C12H24O3. The normalized spacial score (nSPS) is 13.8. The number of rotatable bonds is 5. The number of hydrogen-bond acceptors (Lipinski definition) is 3. The molecule has 0 aliphatic rings. The number of carbonyl (C=O) groups is 1. The Morgan fingerprint density at radius 2 is 1.80 bits per heavy atom. The van der Waals surface area contributed by atoms with Crippen LogP contribution in [-0.4, -0.2) is 18.9 Å². The van der Waals surface area contributed by atoms with Gasteiger partial charge in [0.2, 0.25) is 0 Å². The first-order chi connectivity index (χ1) is 6.78. The van der Waals surface area contributed by atoms with Gasteiger partial charge in [-0.15, -0.1) is 0 Å². The number of ether oxygens (including phenoxy) is 2. The highest BCUT2D eigenvalue weighted by molar-refractivity contribution is 5.60. The van der Waals surface area contributed by atoms with Crippen molar-refractivity contribution in [2.24, 2.45) is 11.3 Å². The molecule has 0 bridgehead atoms. The fourth-order valence-corrected chi connectivity index (χ4v) is 0.678. The van der Waals surface area contributed by atoms with E-state index < -0.39 is 6.16 Å². The van der Waals surface area contributed by atoms with Gasteiger partial charge in [0.25, 0.3) is 0 Å². The smallest absolute Gasteiger partial charge is 0.434 e. The molecule has 1 atom stereocenters. The van der Waals surface area contributed by atoms with Crippen LogP contribution in [0.5, 0.6) is 0 Å². The lowest BCUT2D eigenvalue weighted by Crippen LogP contribution is -2.25. The van der Waals surface area contributed by atoms with Gasteiger partial charge in [-0.2, -0.15) is 0 Å². The fraction of sp³-hybridized carbons (Fsp3) is 0.917. The Hall–Kier alpha value is -0.730. The maximum Gasteiger partial charge on any atom is 0.508 e. The van der Waals surface area contributed by atoms with Gasteiger partial charge in [-0.3, -0.25) is 0 Å². The van der Waals surface area contributed by atoms with E-state index in [0.717, 1.165) is 6.42 Å². The van der Waals surface area contributed by atoms with Gasteiger partial charge in [-0.25, -0.2) is 4.79 Å². The van der Waals surface area contributed by atoms with Crippen LogP contribution in [0.2, 0.25) is 0 Å². The van der Waals surface area contributed by atoms with Crippen molar-refractivity contribution in [1.82, 2.24) is 0 Å². The molecule has 0 saturated carbocycles. The van der Waals surface area contributed by atoms with Gasteiger partial charge in [0.1, 0.15) is 6.10 Å². The Balaban J connectivity index is 3.86. The molecule has 0 saturated heterocycles. The third kappa shape index (κ3) is 6.37. The van der Waals surface area contributed by atoms with Crippen molar-refractivity contribution in [1.29, 1.82) is 0 Å². The predicted octanol–water partition coefficient (Wildman–Crippen LogP) is 3.62. The summed E-state index contributed by atoms with van der Waals surface area (Å²) in [5, 5.41) is 0. The first-order valence-electron chi connectivity index (χ1n) is 5.62. The lowest BCUT2D eigenvalue weighted by atomic mass is 9.92. The highest BCUT2D eigenvalue weighted by Gasteiger charge is 2.20. The van der Waals surface area contributed by atoms with Crippen molar-refractivity contribution < 1.29 is 14.3 Å². The third-order valence-corrected chi connectivity index (χ3v) is 2.76. The quantitative estimate of drug-likeness (QED) is 0.658. The number of hydrogen-bond donors (Lipinski definition) is 0. The molecule has 0 fully saturated rings. The molecular weight excluding hydrogens is 192 g/mol. The second-order valence-electron chi connectivity index (χ2n) is 5.12.